The molecule has 0 saturated carbocycles. The molecule has 96 valence electrons. The number of likely N-dealkylation sites (tertiary alicyclic amines) is 1. The zero-order chi connectivity index (χ0) is 12.7. The molecule has 2 N–H and O–H groups in total. The van der Waals surface area contributed by atoms with Crippen LogP contribution in [0, 0.1) is 0 Å². The van der Waals surface area contributed by atoms with Crippen molar-refractivity contribution in [1.82, 2.24) is 9.80 Å². The molecule has 0 aromatic carbocycles. The van der Waals surface area contributed by atoms with E-state index in [1.54, 1.807) is 0 Å². The van der Waals surface area contributed by atoms with E-state index in [1.807, 2.05) is 22.0 Å². The minimum Gasteiger partial charge on any atom is -0.341 e. The Hall–Kier alpha value is -1.13. The number of nitrogens with zero attached hydrogens (tertiary/aromatic N) is 2. The summed E-state index contributed by atoms with van der Waals surface area (Å²) in [6.07, 6.45) is 5.44. The van der Waals surface area contributed by atoms with Crippen molar-refractivity contribution in [2.45, 2.75) is 18.9 Å². The van der Waals surface area contributed by atoms with E-state index in [9.17, 15) is 4.79 Å². The van der Waals surface area contributed by atoms with Crippen LogP contribution in [0.2, 0.25) is 0 Å². The van der Waals surface area contributed by atoms with E-state index in [2.05, 4.69) is 13.2 Å². The summed E-state index contributed by atoms with van der Waals surface area (Å²) in [6.45, 7) is 10.8. The maximum atomic E-state index is 12.0. The number of piperidine rings is 1. The second kappa shape index (κ2) is 7.25. The fraction of sp³-hybridized carbons (Fsp3) is 0.615. The summed E-state index contributed by atoms with van der Waals surface area (Å²) in [5.74, 6) is 0.181. The molecule has 0 bridgehead atoms. The van der Waals surface area contributed by atoms with Crippen LogP contribution in [0.25, 0.3) is 0 Å². The van der Waals surface area contributed by atoms with Crippen LogP contribution in [0.1, 0.15) is 12.8 Å². The number of carbonyl (C=O) groups excluding carboxylic acids is 1. The van der Waals surface area contributed by atoms with Crippen molar-refractivity contribution in [3.8, 4) is 0 Å². The summed E-state index contributed by atoms with van der Waals surface area (Å²) in [5, 5.41) is 0. The molecule has 1 aliphatic rings. The number of carbonyl (C=O) groups is 1. The Balaban J connectivity index is 2.40. The molecule has 1 fully saturated rings. The number of hydrogen-bond donors (Lipinski definition) is 1. The first kappa shape index (κ1) is 13.9. The third kappa shape index (κ3) is 4.71. The molecule has 0 radical (unpaired) electrons. The third-order valence-corrected chi connectivity index (χ3v) is 3.03. The summed E-state index contributed by atoms with van der Waals surface area (Å²) in [4.78, 5) is 16.0. The van der Waals surface area contributed by atoms with Gasteiger partial charge in [-0.1, -0.05) is 12.2 Å². The van der Waals surface area contributed by atoms with Gasteiger partial charge in [0.25, 0.3) is 0 Å². The average molecular weight is 237 g/mol. The Kier molecular flexibility index (Phi) is 5.94. The Morgan fingerprint density at radius 2 is 1.82 bits per heavy atom. The minimum absolute atomic E-state index is 0.181. The molecular weight excluding hydrogens is 214 g/mol. The van der Waals surface area contributed by atoms with Gasteiger partial charge in [0.05, 0.1) is 6.54 Å². The molecule has 1 heterocycles. The lowest BCUT2D eigenvalue weighted by Gasteiger charge is -2.31. The van der Waals surface area contributed by atoms with Gasteiger partial charge in [0.2, 0.25) is 5.91 Å². The number of amides is 1. The highest BCUT2D eigenvalue weighted by atomic mass is 16.2. The molecular formula is C13H23N3O. The first-order valence-electron chi connectivity index (χ1n) is 6.15. The Morgan fingerprint density at radius 1 is 1.29 bits per heavy atom. The summed E-state index contributed by atoms with van der Waals surface area (Å²) in [6, 6.07) is 0.261. The second-order valence-corrected chi connectivity index (χ2v) is 4.49. The molecule has 0 unspecified atom stereocenters. The van der Waals surface area contributed by atoms with Gasteiger partial charge in [-0.05, 0) is 12.8 Å². The van der Waals surface area contributed by atoms with Crippen molar-refractivity contribution >= 4 is 5.91 Å². The van der Waals surface area contributed by atoms with Crippen LogP contribution in [-0.2, 0) is 4.79 Å². The van der Waals surface area contributed by atoms with Gasteiger partial charge in [0, 0.05) is 32.2 Å². The summed E-state index contributed by atoms with van der Waals surface area (Å²) < 4.78 is 0. The van der Waals surface area contributed by atoms with Gasteiger partial charge in [-0.25, -0.2) is 0 Å². The van der Waals surface area contributed by atoms with Crippen LogP contribution in [0.15, 0.2) is 25.3 Å². The van der Waals surface area contributed by atoms with Crippen LogP contribution in [-0.4, -0.2) is 54.5 Å². The van der Waals surface area contributed by atoms with Crippen LogP contribution < -0.4 is 5.73 Å². The third-order valence-electron chi connectivity index (χ3n) is 3.03. The Bertz CT molecular complexity index is 260. The maximum Gasteiger partial charge on any atom is 0.236 e. The first-order chi connectivity index (χ1) is 8.17. The predicted octanol–water partition coefficient (Wildman–Crippen LogP) is 0.610. The largest absolute Gasteiger partial charge is 0.341 e. The highest BCUT2D eigenvalue weighted by Crippen LogP contribution is 2.08. The average Bonchev–Trinajstić information content (AvgIpc) is 2.30. The van der Waals surface area contributed by atoms with Gasteiger partial charge in [-0.15, -0.1) is 13.2 Å². The van der Waals surface area contributed by atoms with E-state index in [-0.39, 0.29) is 11.9 Å². The number of nitrogens with two attached hydrogens (primary N) is 1. The van der Waals surface area contributed by atoms with Crippen LogP contribution >= 0.6 is 0 Å². The molecule has 0 aromatic rings. The number of rotatable bonds is 6. The van der Waals surface area contributed by atoms with Crippen molar-refractivity contribution < 1.29 is 4.79 Å². The number of hydrogen-bond acceptors (Lipinski definition) is 3. The zero-order valence-corrected chi connectivity index (χ0v) is 10.5. The van der Waals surface area contributed by atoms with E-state index >= 15 is 0 Å². The lowest BCUT2D eigenvalue weighted by atomic mass is 10.1. The Labute approximate surface area is 104 Å². The van der Waals surface area contributed by atoms with E-state index in [0.29, 0.717) is 19.6 Å². The Morgan fingerprint density at radius 3 is 2.29 bits per heavy atom. The van der Waals surface area contributed by atoms with Gasteiger partial charge < -0.3 is 10.6 Å². The normalized spacial score (nSPS) is 17.2. The molecule has 1 aliphatic heterocycles. The highest BCUT2D eigenvalue weighted by Gasteiger charge is 2.21. The fourth-order valence-corrected chi connectivity index (χ4v) is 2.01. The molecule has 4 nitrogen and oxygen atoms in total. The van der Waals surface area contributed by atoms with Gasteiger partial charge in [0.15, 0.2) is 0 Å². The SMILES string of the molecule is C=CCN(CC=C)CC(=O)N1CCC(N)CC1. The summed E-state index contributed by atoms with van der Waals surface area (Å²) in [5.41, 5.74) is 5.82. The van der Waals surface area contributed by atoms with Crippen molar-refractivity contribution in [1.29, 1.82) is 0 Å². The molecule has 17 heavy (non-hydrogen) atoms. The quantitative estimate of drug-likeness (QED) is 0.689. The molecule has 1 saturated heterocycles. The molecule has 0 atom stereocenters. The highest BCUT2D eigenvalue weighted by molar-refractivity contribution is 5.78. The van der Waals surface area contributed by atoms with Gasteiger partial charge in [-0.2, -0.15) is 0 Å². The molecule has 0 aliphatic carbocycles. The van der Waals surface area contributed by atoms with Crippen molar-refractivity contribution in [2.24, 2.45) is 5.73 Å². The maximum absolute atomic E-state index is 12.0. The molecule has 0 spiro atoms. The topological polar surface area (TPSA) is 49.6 Å². The van der Waals surface area contributed by atoms with E-state index < -0.39 is 0 Å². The zero-order valence-electron chi connectivity index (χ0n) is 10.5. The molecule has 1 rings (SSSR count). The van der Waals surface area contributed by atoms with Gasteiger partial charge in [0.1, 0.15) is 0 Å². The fourth-order valence-electron chi connectivity index (χ4n) is 2.01. The molecule has 1 amide bonds. The molecule has 4 heteroatoms. The summed E-state index contributed by atoms with van der Waals surface area (Å²) in [7, 11) is 0. The van der Waals surface area contributed by atoms with E-state index in [1.165, 1.54) is 0 Å². The lowest BCUT2D eigenvalue weighted by molar-refractivity contribution is -0.133. The summed E-state index contributed by atoms with van der Waals surface area (Å²) >= 11 is 0. The molecule has 0 aromatic heterocycles. The van der Waals surface area contributed by atoms with Crippen molar-refractivity contribution in [3.05, 3.63) is 25.3 Å². The van der Waals surface area contributed by atoms with Crippen molar-refractivity contribution in [2.75, 3.05) is 32.7 Å². The van der Waals surface area contributed by atoms with Crippen LogP contribution in [0.4, 0.5) is 0 Å². The lowest BCUT2D eigenvalue weighted by Crippen LogP contribution is -2.46. The van der Waals surface area contributed by atoms with E-state index in [0.717, 1.165) is 25.9 Å². The van der Waals surface area contributed by atoms with Gasteiger partial charge in [-0.3, -0.25) is 9.69 Å². The predicted molar refractivity (Wildman–Crippen MR) is 70.6 cm³/mol. The smallest absolute Gasteiger partial charge is 0.236 e. The van der Waals surface area contributed by atoms with Gasteiger partial charge >= 0.3 is 0 Å². The van der Waals surface area contributed by atoms with E-state index in [4.69, 9.17) is 5.73 Å². The second-order valence-electron chi connectivity index (χ2n) is 4.49. The minimum atomic E-state index is 0.181. The van der Waals surface area contributed by atoms with Crippen LogP contribution in [0.5, 0.6) is 0 Å². The first-order valence-corrected chi connectivity index (χ1v) is 6.15. The standard InChI is InChI=1S/C13H23N3O/c1-3-7-15(8-4-2)11-13(17)16-9-5-12(14)6-10-16/h3-4,12H,1-2,5-11,14H2. The monoisotopic (exact) mass is 237 g/mol. The van der Waals surface area contributed by atoms with Crippen LogP contribution in [0.3, 0.4) is 0 Å². The van der Waals surface area contributed by atoms with Crippen molar-refractivity contribution in [3.63, 3.8) is 0 Å².